The molecule has 0 amide bonds. The number of phosphoric acid groups is 1. The third kappa shape index (κ3) is 8.16. The van der Waals surface area contributed by atoms with E-state index in [2.05, 4.69) is 4.52 Å². The first kappa shape index (κ1) is 18.0. The van der Waals surface area contributed by atoms with Crippen LogP contribution >= 0.6 is 7.82 Å². The number of unbranched alkanes of at least 4 members (excludes halogenated alkanes) is 2. The Kier molecular flexibility index (Phi) is 9.85. The summed E-state index contributed by atoms with van der Waals surface area (Å²) < 4.78 is 20.9. The van der Waals surface area contributed by atoms with Crippen molar-refractivity contribution in [2.45, 2.75) is 44.8 Å². The number of hydrogen-bond acceptors (Lipinski definition) is 6. The summed E-state index contributed by atoms with van der Waals surface area (Å²) in [5, 5.41) is 18.4. The van der Waals surface area contributed by atoms with Gasteiger partial charge in [0.1, 0.15) is 6.10 Å². The van der Waals surface area contributed by atoms with Crippen molar-refractivity contribution in [1.82, 2.24) is 0 Å². The van der Waals surface area contributed by atoms with E-state index in [-0.39, 0.29) is 13.2 Å². The largest absolute Gasteiger partial charge is 0.472 e. The highest BCUT2D eigenvalue weighted by Gasteiger charge is 2.30. The summed E-state index contributed by atoms with van der Waals surface area (Å²) in [4.78, 5) is 9.38. The van der Waals surface area contributed by atoms with Gasteiger partial charge in [-0.15, -0.1) is 0 Å². The second kappa shape index (κ2) is 9.86. The Morgan fingerprint density at radius 2 is 2.06 bits per heavy atom. The van der Waals surface area contributed by atoms with Gasteiger partial charge in [0.25, 0.3) is 0 Å². The highest BCUT2D eigenvalue weighted by Crippen LogP contribution is 2.45. The van der Waals surface area contributed by atoms with E-state index in [1.807, 2.05) is 6.92 Å². The van der Waals surface area contributed by atoms with E-state index in [1.54, 1.807) is 0 Å². The van der Waals surface area contributed by atoms with Gasteiger partial charge in [-0.3, -0.25) is 9.05 Å². The molecule has 110 valence electrons. The van der Waals surface area contributed by atoms with E-state index in [1.165, 1.54) is 0 Å². The van der Waals surface area contributed by atoms with E-state index < -0.39 is 26.6 Å². The van der Waals surface area contributed by atoms with Gasteiger partial charge in [0.2, 0.25) is 0 Å². The monoisotopic (exact) mass is 285 g/mol. The Hall–Kier alpha value is -0.0100. The predicted octanol–water partition coefficient (Wildman–Crippen LogP) is 0.381. The molecule has 2 unspecified atom stereocenters. The minimum atomic E-state index is -4.23. The highest BCUT2D eigenvalue weighted by molar-refractivity contribution is 7.47. The van der Waals surface area contributed by atoms with E-state index in [0.29, 0.717) is 6.42 Å². The van der Waals surface area contributed by atoms with Crippen molar-refractivity contribution in [3.05, 3.63) is 0 Å². The molecule has 3 atom stereocenters. The van der Waals surface area contributed by atoms with Gasteiger partial charge in [-0.2, -0.15) is 0 Å². The Balaban J connectivity index is 4.33. The Morgan fingerprint density at radius 1 is 1.39 bits per heavy atom. The zero-order valence-electron chi connectivity index (χ0n) is 10.7. The summed E-state index contributed by atoms with van der Waals surface area (Å²) >= 11 is 0. The highest BCUT2D eigenvalue weighted by atomic mass is 31.2. The molecular formula is C10H24NO6P. The average molecular weight is 285 g/mol. The van der Waals surface area contributed by atoms with Crippen LogP contribution in [0.2, 0.25) is 0 Å². The SMILES string of the molecule is CCCCCC(OP(=O)(O)OCCN)[C@@H](O)CO. The summed E-state index contributed by atoms with van der Waals surface area (Å²) in [5.74, 6) is 0. The fourth-order valence-corrected chi connectivity index (χ4v) is 2.38. The summed E-state index contributed by atoms with van der Waals surface area (Å²) in [7, 11) is -4.23. The van der Waals surface area contributed by atoms with Crippen molar-refractivity contribution in [1.29, 1.82) is 0 Å². The fourth-order valence-electron chi connectivity index (χ4n) is 1.40. The number of rotatable bonds is 11. The topological polar surface area (TPSA) is 122 Å². The lowest BCUT2D eigenvalue weighted by atomic mass is 10.1. The van der Waals surface area contributed by atoms with Crippen molar-refractivity contribution >= 4 is 7.82 Å². The zero-order valence-corrected chi connectivity index (χ0v) is 11.6. The average Bonchev–Trinajstić information content (AvgIpc) is 2.34. The Morgan fingerprint density at radius 3 is 2.56 bits per heavy atom. The molecule has 0 saturated carbocycles. The fraction of sp³-hybridized carbons (Fsp3) is 1.00. The number of aliphatic hydroxyl groups excluding tert-OH is 2. The molecule has 5 N–H and O–H groups in total. The van der Waals surface area contributed by atoms with Gasteiger partial charge in [0, 0.05) is 6.54 Å². The molecule has 7 nitrogen and oxygen atoms in total. The maximum atomic E-state index is 11.5. The lowest BCUT2D eigenvalue weighted by Crippen LogP contribution is -2.31. The van der Waals surface area contributed by atoms with Crippen LogP contribution in [0.4, 0.5) is 0 Å². The van der Waals surface area contributed by atoms with Crippen molar-refractivity contribution in [3.63, 3.8) is 0 Å². The molecule has 0 bridgehead atoms. The molecule has 0 rings (SSSR count). The van der Waals surface area contributed by atoms with Crippen molar-refractivity contribution in [3.8, 4) is 0 Å². The zero-order chi connectivity index (χ0) is 14.0. The summed E-state index contributed by atoms with van der Waals surface area (Å²) in [6.07, 6.45) is 0.875. The quantitative estimate of drug-likeness (QED) is 0.320. The van der Waals surface area contributed by atoms with Crippen LogP contribution in [0.25, 0.3) is 0 Å². The number of nitrogens with two attached hydrogens (primary N) is 1. The van der Waals surface area contributed by atoms with Gasteiger partial charge >= 0.3 is 7.82 Å². The third-order valence-electron chi connectivity index (χ3n) is 2.35. The minimum Gasteiger partial charge on any atom is -0.394 e. The van der Waals surface area contributed by atoms with Crippen LogP contribution in [0.15, 0.2) is 0 Å². The van der Waals surface area contributed by atoms with Crippen molar-refractivity contribution in [2.24, 2.45) is 5.73 Å². The van der Waals surface area contributed by atoms with Gasteiger partial charge in [0.05, 0.1) is 19.3 Å². The van der Waals surface area contributed by atoms with E-state index in [0.717, 1.165) is 19.3 Å². The molecule has 0 aromatic heterocycles. The molecule has 0 aliphatic heterocycles. The van der Waals surface area contributed by atoms with Gasteiger partial charge < -0.3 is 20.8 Å². The lowest BCUT2D eigenvalue weighted by Gasteiger charge is -2.23. The Labute approximate surface area is 108 Å². The van der Waals surface area contributed by atoms with Gasteiger partial charge in [0.15, 0.2) is 0 Å². The van der Waals surface area contributed by atoms with E-state index in [4.69, 9.17) is 15.4 Å². The molecule has 0 aliphatic carbocycles. The molecule has 0 heterocycles. The van der Waals surface area contributed by atoms with Crippen LogP contribution in [0.1, 0.15) is 32.6 Å². The number of aliphatic hydroxyl groups is 2. The van der Waals surface area contributed by atoms with Gasteiger partial charge in [-0.1, -0.05) is 26.2 Å². The molecule has 18 heavy (non-hydrogen) atoms. The van der Waals surface area contributed by atoms with Gasteiger partial charge in [-0.05, 0) is 6.42 Å². The molecule has 0 spiro atoms. The first-order chi connectivity index (χ1) is 8.46. The summed E-state index contributed by atoms with van der Waals surface area (Å²) in [5.41, 5.74) is 5.15. The van der Waals surface area contributed by atoms with Crippen LogP contribution in [0.5, 0.6) is 0 Å². The van der Waals surface area contributed by atoms with Crippen LogP contribution in [-0.4, -0.2) is 47.1 Å². The predicted molar refractivity (Wildman–Crippen MR) is 66.9 cm³/mol. The number of phosphoric ester groups is 1. The van der Waals surface area contributed by atoms with Crippen LogP contribution in [-0.2, 0) is 13.6 Å². The first-order valence-electron chi connectivity index (χ1n) is 6.11. The summed E-state index contributed by atoms with van der Waals surface area (Å²) in [6.45, 7) is 1.47. The summed E-state index contributed by atoms with van der Waals surface area (Å²) in [6, 6.07) is 0. The molecule has 0 radical (unpaired) electrons. The molecule has 0 aliphatic rings. The smallest absolute Gasteiger partial charge is 0.394 e. The van der Waals surface area contributed by atoms with Crippen molar-refractivity contribution < 1.29 is 28.7 Å². The first-order valence-corrected chi connectivity index (χ1v) is 7.61. The van der Waals surface area contributed by atoms with Crippen molar-refractivity contribution in [2.75, 3.05) is 19.8 Å². The third-order valence-corrected chi connectivity index (χ3v) is 3.40. The molecule has 0 saturated heterocycles. The van der Waals surface area contributed by atoms with E-state index in [9.17, 15) is 14.6 Å². The molecule has 0 aromatic carbocycles. The molecular weight excluding hydrogens is 261 g/mol. The second-order valence-corrected chi connectivity index (χ2v) is 5.39. The lowest BCUT2D eigenvalue weighted by molar-refractivity contribution is -0.0220. The second-order valence-electron chi connectivity index (χ2n) is 3.98. The molecule has 8 heteroatoms. The normalized spacial score (nSPS) is 18.3. The number of hydrogen-bond donors (Lipinski definition) is 4. The Bertz CT molecular complexity index is 253. The van der Waals surface area contributed by atoms with Gasteiger partial charge in [-0.25, -0.2) is 4.57 Å². The maximum Gasteiger partial charge on any atom is 0.472 e. The van der Waals surface area contributed by atoms with Crippen LogP contribution in [0.3, 0.4) is 0 Å². The van der Waals surface area contributed by atoms with Crippen LogP contribution in [0, 0.1) is 0 Å². The van der Waals surface area contributed by atoms with E-state index >= 15 is 0 Å². The molecule has 0 fully saturated rings. The maximum absolute atomic E-state index is 11.5. The van der Waals surface area contributed by atoms with Crippen LogP contribution < -0.4 is 5.73 Å². The standard InChI is InChI=1S/C10H24NO6P/c1-2-3-4-5-10(9(13)8-12)17-18(14,15)16-7-6-11/h9-10,12-13H,2-8,11H2,1H3,(H,14,15)/t9-,10?/m0/s1. The minimum absolute atomic E-state index is 0.0942. The molecule has 0 aromatic rings.